The number of amides is 1. The van der Waals surface area contributed by atoms with Crippen LogP contribution in [0.4, 0.5) is 13.2 Å². The van der Waals surface area contributed by atoms with Crippen molar-refractivity contribution in [1.82, 2.24) is 20.1 Å². The van der Waals surface area contributed by atoms with Crippen LogP contribution in [0.3, 0.4) is 0 Å². The molecule has 2 aromatic heterocycles. The van der Waals surface area contributed by atoms with Crippen LogP contribution in [-0.4, -0.2) is 44.5 Å². The van der Waals surface area contributed by atoms with E-state index in [1.54, 1.807) is 0 Å². The molecule has 1 aromatic carbocycles. The average Bonchev–Trinajstić information content (AvgIpc) is 3.18. The van der Waals surface area contributed by atoms with Crippen molar-refractivity contribution in [3.05, 3.63) is 70.7 Å². The summed E-state index contributed by atoms with van der Waals surface area (Å²) in [6.45, 7) is 1.40. The molecule has 172 valence electrons. The van der Waals surface area contributed by atoms with Gasteiger partial charge in [0.2, 0.25) is 0 Å². The first kappa shape index (κ1) is 22.5. The third kappa shape index (κ3) is 4.89. The molecule has 1 amide bonds. The van der Waals surface area contributed by atoms with Gasteiger partial charge in [-0.1, -0.05) is 30.3 Å². The van der Waals surface area contributed by atoms with Gasteiger partial charge < -0.3 is 10.4 Å². The number of pyridine rings is 1. The first-order valence-electron chi connectivity index (χ1n) is 10.4. The monoisotopic (exact) mass is 458 g/mol. The van der Waals surface area contributed by atoms with Gasteiger partial charge in [-0.25, -0.2) is 4.79 Å². The van der Waals surface area contributed by atoms with E-state index in [-0.39, 0.29) is 5.91 Å². The Balaban J connectivity index is 0.000000325. The highest BCUT2D eigenvalue weighted by Crippen LogP contribution is 2.35. The van der Waals surface area contributed by atoms with Gasteiger partial charge in [-0.15, -0.1) is 0 Å². The smallest absolute Gasteiger partial charge is 0.475 e. The summed E-state index contributed by atoms with van der Waals surface area (Å²) in [6, 6.07) is 12.7. The number of halogens is 3. The molecule has 0 saturated carbocycles. The Labute approximate surface area is 187 Å². The number of hydrogen-bond acceptors (Lipinski definition) is 4. The zero-order valence-electron chi connectivity index (χ0n) is 17.5. The molecule has 7 nitrogen and oxygen atoms in total. The summed E-state index contributed by atoms with van der Waals surface area (Å²) >= 11 is 0. The molecule has 3 aromatic rings. The standard InChI is InChI=1S/C21H20N4O.C2HF3O2/c26-21-20-17-9-7-15-13-23-16(8-6-14-4-2-1-3-5-14)12-18(15)19(17)24-25(20)11-10-22-21;3-2(4,5)1(6)7/h1-5,12-13H,6-11H2,(H,22,26);(H,6,7). The Morgan fingerprint density at radius 2 is 1.88 bits per heavy atom. The van der Waals surface area contributed by atoms with Crippen LogP contribution in [0.5, 0.6) is 0 Å². The molecule has 3 heterocycles. The number of benzene rings is 1. The molecular formula is C23H21F3N4O3. The number of carboxylic acids is 1. The number of carbonyl (C=O) groups excluding carboxylic acids is 1. The van der Waals surface area contributed by atoms with Gasteiger partial charge in [-0.2, -0.15) is 18.3 Å². The molecular weight excluding hydrogens is 437 g/mol. The molecule has 0 fully saturated rings. The van der Waals surface area contributed by atoms with Crippen LogP contribution in [0.2, 0.25) is 0 Å². The van der Waals surface area contributed by atoms with Crippen molar-refractivity contribution in [1.29, 1.82) is 0 Å². The Bertz CT molecular complexity index is 1190. The molecule has 0 atom stereocenters. The fourth-order valence-corrected chi connectivity index (χ4v) is 3.99. The van der Waals surface area contributed by atoms with Crippen LogP contribution in [-0.2, 0) is 37.0 Å². The first-order valence-corrected chi connectivity index (χ1v) is 10.4. The molecule has 2 N–H and O–H groups in total. The van der Waals surface area contributed by atoms with Gasteiger partial charge in [0.25, 0.3) is 5.91 Å². The minimum absolute atomic E-state index is 0.00630. The molecule has 1 aliphatic heterocycles. The number of aryl methyl sites for hydroxylation is 3. The number of nitrogens with one attached hydrogen (secondary N) is 1. The number of nitrogens with zero attached hydrogens (tertiary/aromatic N) is 3. The van der Waals surface area contributed by atoms with Crippen molar-refractivity contribution in [2.45, 2.75) is 38.4 Å². The predicted octanol–water partition coefficient (Wildman–Crippen LogP) is 3.21. The normalized spacial score (nSPS) is 14.2. The molecule has 0 spiro atoms. The summed E-state index contributed by atoms with van der Waals surface area (Å²) in [4.78, 5) is 25.8. The van der Waals surface area contributed by atoms with Gasteiger partial charge in [0.15, 0.2) is 0 Å². The van der Waals surface area contributed by atoms with Crippen molar-refractivity contribution < 1.29 is 27.9 Å². The molecule has 0 radical (unpaired) electrons. The Hall–Kier alpha value is -3.69. The van der Waals surface area contributed by atoms with E-state index in [0.29, 0.717) is 6.54 Å². The van der Waals surface area contributed by atoms with E-state index in [1.807, 2.05) is 16.9 Å². The third-order valence-electron chi connectivity index (χ3n) is 5.57. The SMILES string of the molecule is O=C(O)C(F)(F)F.O=C1NCCn2nc3c(c21)CCc1cnc(CCc2ccccc2)cc1-3. The van der Waals surface area contributed by atoms with Crippen LogP contribution in [0.15, 0.2) is 42.6 Å². The zero-order valence-corrected chi connectivity index (χ0v) is 17.5. The second-order valence-corrected chi connectivity index (χ2v) is 7.78. The number of hydrogen-bond donors (Lipinski definition) is 2. The number of carbonyl (C=O) groups is 2. The number of aromatic nitrogens is 3. The van der Waals surface area contributed by atoms with E-state index < -0.39 is 12.1 Å². The zero-order chi connectivity index (χ0) is 23.6. The van der Waals surface area contributed by atoms with Gasteiger partial charge in [0, 0.05) is 29.6 Å². The van der Waals surface area contributed by atoms with Crippen molar-refractivity contribution >= 4 is 11.9 Å². The molecule has 1 aliphatic carbocycles. The Morgan fingerprint density at radius 1 is 1.15 bits per heavy atom. The maximum atomic E-state index is 12.3. The number of aliphatic carboxylic acids is 1. The number of alkyl halides is 3. The van der Waals surface area contributed by atoms with Gasteiger partial charge in [-0.3, -0.25) is 14.5 Å². The minimum atomic E-state index is -5.08. The largest absolute Gasteiger partial charge is 0.490 e. The highest BCUT2D eigenvalue weighted by Gasteiger charge is 2.38. The summed E-state index contributed by atoms with van der Waals surface area (Å²) < 4.78 is 33.6. The summed E-state index contributed by atoms with van der Waals surface area (Å²) in [5, 5.41) is 14.8. The average molecular weight is 458 g/mol. The van der Waals surface area contributed by atoms with Crippen molar-refractivity contribution in [3.63, 3.8) is 0 Å². The van der Waals surface area contributed by atoms with Crippen molar-refractivity contribution in [2.24, 2.45) is 0 Å². The van der Waals surface area contributed by atoms with Crippen molar-refractivity contribution in [3.8, 4) is 11.3 Å². The summed E-state index contributed by atoms with van der Waals surface area (Å²) in [7, 11) is 0. The number of fused-ring (bicyclic) bond motifs is 5. The van der Waals surface area contributed by atoms with E-state index in [1.165, 1.54) is 11.1 Å². The second-order valence-electron chi connectivity index (χ2n) is 7.78. The lowest BCUT2D eigenvalue weighted by atomic mass is 9.89. The molecule has 0 unspecified atom stereocenters. The van der Waals surface area contributed by atoms with E-state index in [0.717, 1.165) is 60.4 Å². The number of rotatable bonds is 3. The topological polar surface area (TPSA) is 97.1 Å². The van der Waals surface area contributed by atoms with Crippen molar-refractivity contribution in [2.75, 3.05) is 6.54 Å². The van der Waals surface area contributed by atoms with E-state index in [9.17, 15) is 18.0 Å². The van der Waals surface area contributed by atoms with Crippen LogP contribution in [0, 0.1) is 0 Å². The van der Waals surface area contributed by atoms with Gasteiger partial charge >= 0.3 is 12.1 Å². The fraction of sp³-hybridized carbons (Fsp3) is 0.304. The fourth-order valence-electron chi connectivity index (χ4n) is 3.99. The second kappa shape index (κ2) is 9.05. The maximum Gasteiger partial charge on any atom is 0.490 e. The lowest BCUT2D eigenvalue weighted by Crippen LogP contribution is -2.36. The molecule has 10 heteroatoms. The van der Waals surface area contributed by atoms with E-state index in [2.05, 4.69) is 40.6 Å². The van der Waals surface area contributed by atoms with Gasteiger partial charge in [0.05, 0.1) is 12.2 Å². The summed E-state index contributed by atoms with van der Waals surface area (Å²) in [5.41, 5.74) is 7.60. The van der Waals surface area contributed by atoms with Crippen LogP contribution < -0.4 is 5.32 Å². The lowest BCUT2D eigenvalue weighted by molar-refractivity contribution is -0.192. The Kier molecular flexibility index (Phi) is 6.17. The Morgan fingerprint density at radius 3 is 2.58 bits per heavy atom. The molecule has 5 rings (SSSR count). The third-order valence-corrected chi connectivity index (χ3v) is 5.57. The minimum Gasteiger partial charge on any atom is -0.475 e. The quantitative estimate of drug-likeness (QED) is 0.628. The molecule has 0 saturated heterocycles. The molecule has 2 aliphatic rings. The van der Waals surface area contributed by atoms with Crippen LogP contribution >= 0.6 is 0 Å². The predicted molar refractivity (Wildman–Crippen MR) is 113 cm³/mol. The van der Waals surface area contributed by atoms with Crippen LogP contribution in [0.25, 0.3) is 11.3 Å². The highest BCUT2D eigenvalue weighted by molar-refractivity contribution is 5.96. The molecule has 33 heavy (non-hydrogen) atoms. The highest BCUT2D eigenvalue weighted by atomic mass is 19.4. The van der Waals surface area contributed by atoms with E-state index >= 15 is 0 Å². The van der Waals surface area contributed by atoms with Gasteiger partial charge in [0.1, 0.15) is 5.69 Å². The summed E-state index contributed by atoms with van der Waals surface area (Å²) in [5.74, 6) is -2.75. The lowest BCUT2D eigenvalue weighted by Gasteiger charge is -2.18. The van der Waals surface area contributed by atoms with Crippen LogP contribution in [0.1, 0.15) is 32.9 Å². The van der Waals surface area contributed by atoms with E-state index in [4.69, 9.17) is 15.0 Å². The number of carboxylic acid groups (broad SMARTS) is 1. The van der Waals surface area contributed by atoms with Gasteiger partial charge in [-0.05, 0) is 42.9 Å². The molecule has 0 bridgehead atoms. The maximum absolute atomic E-state index is 12.3. The first-order chi connectivity index (χ1) is 15.7. The summed E-state index contributed by atoms with van der Waals surface area (Å²) in [6.07, 6.45) is 0.565.